The molecule has 1 aromatic heterocycles. The van der Waals surface area contributed by atoms with Crippen LogP contribution < -0.4 is 5.32 Å². The van der Waals surface area contributed by atoms with E-state index >= 15 is 0 Å². The average molecular weight is 432 g/mol. The minimum atomic E-state index is -0.422. The standard InChI is InChI=1S/C22H30FN5O3/c1-22(2,14-27(3)4)13-24-19(29)15-8-10-28(11-9-15)21(30)18-25-20(31-26-18)16-6-5-7-17(23)12-16/h5-7,12,15H,8-11,13-14H2,1-4H3,(H,24,29). The van der Waals surface area contributed by atoms with Crippen LogP contribution in [0.3, 0.4) is 0 Å². The fourth-order valence-corrected chi connectivity index (χ4v) is 3.92. The van der Waals surface area contributed by atoms with E-state index in [1.165, 1.54) is 18.2 Å². The molecule has 1 aromatic carbocycles. The third-order valence-electron chi connectivity index (χ3n) is 5.33. The Balaban J connectivity index is 1.51. The minimum Gasteiger partial charge on any atom is -0.355 e. The summed E-state index contributed by atoms with van der Waals surface area (Å²) < 4.78 is 18.5. The summed E-state index contributed by atoms with van der Waals surface area (Å²) in [4.78, 5) is 33.1. The lowest BCUT2D eigenvalue weighted by Crippen LogP contribution is -2.46. The van der Waals surface area contributed by atoms with Gasteiger partial charge in [0.25, 0.3) is 17.6 Å². The Kier molecular flexibility index (Phi) is 7.04. The highest BCUT2D eigenvalue weighted by Crippen LogP contribution is 2.22. The second-order valence-corrected chi connectivity index (χ2v) is 9.12. The molecule has 168 valence electrons. The van der Waals surface area contributed by atoms with Crippen LogP contribution in [-0.2, 0) is 4.79 Å². The number of hydrogen-bond acceptors (Lipinski definition) is 6. The summed E-state index contributed by atoms with van der Waals surface area (Å²) in [5.41, 5.74) is 0.396. The lowest BCUT2D eigenvalue weighted by molar-refractivity contribution is -0.126. The van der Waals surface area contributed by atoms with Gasteiger partial charge in [-0.2, -0.15) is 4.98 Å². The van der Waals surface area contributed by atoms with Gasteiger partial charge in [0.15, 0.2) is 0 Å². The third kappa shape index (κ3) is 6.10. The summed E-state index contributed by atoms with van der Waals surface area (Å²) in [5, 5.41) is 6.81. The summed E-state index contributed by atoms with van der Waals surface area (Å²) in [6.45, 7) is 6.62. The molecule has 1 aliphatic rings. The Bertz CT molecular complexity index is 919. The zero-order valence-corrected chi connectivity index (χ0v) is 18.5. The predicted octanol–water partition coefficient (Wildman–Crippen LogP) is 2.43. The van der Waals surface area contributed by atoms with E-state index in [0.717, 1.165) is 6.54 Å². The first-order chi connectivity index (χ1) is 14.6. The number of hydrogen-bond donors (Lipinski definition) is 1. The molecule has 0 atom stereocenters. The monoisotopic (exact) mass is 431 g/mol. The van der Waals surface area contributed by atoms with Crippen molar-refractivity contribution in [2.75, 3.05) is 40.3 Å². The number of rotatable bonds is 7. The Labute approximate surface area is 181 Å². The lowest BCUT2D eigenvalue weighted by Gasteiger charge is -2.32. The molecule has 0 radical (unpaired) electrons. The van der Waals surface area contributed by atoms with Gasteiger partial charge >= 0.3 is 0 Å². The number of aromatic nitrogens is 2. The molecule has 1 saturated heterocycles. The van der Waals surface area contributed by atoms with Crippen LogP contribution in [0.15, 0.2) is 28.8 Å². The van der Waals surface area contributed by atoms with E-state index in [4.69, 9.17) is 4.52 Å². The summed E-state index contributed by atoms with van der Waals surface area (Å²) in [6, 6.07) is 5.75. The van der Waals surface area contributed by atoms with Crippen molar-refractivity contribution in [2.45, 2.75) is 26.7 Å². The molecule has 1 aliphatic heterocycles. The van der Waals surface area contributed by atoms with Crippen LogP contribution in [0, 0.1) is 17.2 Å². The Morgan fingerprint density at radius 1 is 1.29 bits per heavy atom. The zero-order chi connectivity index (χ0) is 22.6. The molecule has 9 heteroatoms. The molecular formula is C22H30FN5O3. The second-order valence-electron chi connectivity index (χ2n) is 9.12. The Morgan fingerprint density at radius 3 is 2.65 bits per heavy atom. The number of carbonyl (C=O) groups is 2. The molecule has 1 fully saturated rings. The first kappa shape index (κ1) is 22.9. The molecule has 0 saturated carbocycles. The van der Waals surface area contributed by atoms with Gasteiger partial charge in [-0.15, -0.1) is 0 Å². The second kappa shape index (κ2) is 9.55. The highest BCUT2D eigenvalue weighted by Gasteiger charge is 2.31. The van der Waals surface area contributed by atoms with Gasteiger partial charge in [0.05, 0.1) is 0 Å². The van der Waals surface area contributed by atoms with Gasteiger partial charge in [-0.25, -0.2) is 4.39 Å². The maximum absolute atomic E-state index is 13.4. The topological polar surface area (TPSA) is 91.6 Å². The van der Waals surface area contributed by atoms with Crippen molar-refractivity contribution < 1.29 is 18.5 Å². The van der Waals surface area contributed by atoms with E-state index in [1.807, 2.05) is 14.1 Å². The van der Waals surface area contributed by atoms with Gasteiger partial charge < -0.3 is 19.6 Å². The van der Waals surface area contributed by atoms with Crippen molar-refractivity contribution in [3.8, 4) is 11.5 Å². The number of benzene rings is 1. The van der Waals surface area contributed by atoms with Crippen molar-refractivity contribution in [3.63, 3.8) is 0 Å². The lowest BCUT2D eigenvalue weighted by atomic mass is 9.91. The van der Waals surface area contributed by atoms with Crippen molar-refractivity contribution in [2.24, 2.45) is 11.3 Å². The number of likely N-dealkylation sites (tertiary alicyclic amines) is 1. The van der Waals surface area contributed by atoms with E-state index in [1.54, 1.807) is 11.0 Å². The molecule has 3 rings (SSSR count). The minimum absolute atomic E-state index is 0.0200. The van der Waals surface area contributed by atoms with E-state index in [-0.39, 0.29) is 34.9 Å². The van der Waals surface area contributed by atoms with Crippen molar-refractivity contribution >= 4 is 11.8 Å². The maximum atomic E-state index is 13.4. The number of nitrogens with one attached hydrogen (secondary N) is 1. The summed E-state index contributed by atoms with van der Waals surface area (Å²) >= 11 is 0. The quantitative estimate of drug-likeness (QED) is 0.724. The highest BCUT2D eigenvalue weighted by molar-refractivity contribution is 5.91. The normalized spacial score (nSPS) is 15.4. The zero-order valence-electron chi connectivity index (χ0n) is 18.5. The van der Waals surface area contributed by atoms with E-state index in [0.29, 0.717) is 38.0 Å². The van der Waals surface area contributed by atoms with E-state index in [2.05, 4.69) is 34.2 Å². The molecule has 0 aliphatic carbocycles. The van der Waals surface area contributed by atoms with E-state index in [9.17, 15) is 14.0 Å². The van der Waals surface area contributed by atoms with Crippen LogP contribution in [0.25, 0.3) is 11.5 Å². The van der Waals surface area contributed by atoms with Gasteiger partial charge in [0.2, 0.25) is 5.91 Å². The van der Waals surface area contributed by atoms with Crippen LogP contribution in [-0.4, -0.2) is 72.0 Å². The smallest absolute Gasteiger partial charge is 0.295 e. The summed E-state index contributed by atoms with van der Waals surface area (Å²) in [7, 11) is 4.03. The third-order valence-corrected chi connectivity index (χ3v) is 5.33. The summed E-state index contributed by atoms with van der Waals surface area (Å²) in [6.07, 6.45) is 1.17. The molecule has 2 heterocycles. The molecule has 0 unspecified atom stereocenters. The van der Waals surface area contributed by atoms with Crippen molar-refractivity contribution in [3.05, 3.63) is 35.9 Å². The van der Waals surface area contributed by atoms with Gasteiger partial charge in [-0.1, -0.05) is 25.1 Å². The molecular weight excluding hydrogens is 401 g/mol. The SMILES string of the molecule is CN(C)CC(C)(C)CNC(=O)C1CCN(C(=O)c2noc(-c3cccc(F)c3)n2)CC1. The number of carbonyl (C=O) groups excluding carboxylic acids is 2. The molecule has 0 spiro atoms. The summed E-state index contributed by atoms with van der Waals surface area (Å²) in [5.74, 6) is -0.823. The fourth-order valence-electron chi connectivity index (χ4n) is 3.92. The molecule has 31 heavy (non-hydrogen) atoms. The van der Waals surface area contributed by atoms with Gasteiger partial charge in [-0.05, 0) is 50.6 Å². The number of piperidine rings is 1. The number of halogens is 1. The van der Waals surface area contributed by atoms with Gasteiger partial charge in [0, 0.05) is 37.7 Å². The fraction of sp³-hybridized carbons (Fsp3) is 0.545. The van der Waals surface area contributed by atoms with Gasteiger partial charge in [-0.3, -0.25) is 9.59 Å². The predicted molar refractivity (Wildman–Crippen MR) is 114 cm³/mol. The number of amides is 2. The van der Waals surface area contributed by atoms with Crippen LogP contribution in [0.5, 0.6) is 0 Å². The average Bonchev–Trinajstić information content (AvgIpc) is 3.21. The van der Waals surface area contributed by atoms with Crippen molar-refractivity contribution in [1.82, 2.24) is 25.3 Å². The van der Waals surface area contributed by atoms with Gasteiger partial charge in [0.1, 0.15) is 5.82 Å². The van der Waals surface area contributed by atoms with Crippen LogP contribution in [0.1, 0.15) is 37.3 Å². The molecule has 0 bridgehead atoms. The molecule has 2 amide bonds. The largest absolute Gasteiger partial charge is 0.355 e. The van der Waals surface area contributed by atoms with Crippen molar-refractivity contribution in [1.29, 1.82) is 0 Å². The van der Waals surface area contributed by atoms with Crippen LogP contribution in [0.4, 0.5) is 4.39 Å². The molecule has 2 aromatic rings. The van der Waals surface area contributed by atoms with Crippen LogP contribution >= 0.6 is 0 Å². The molecule has 8 nitrogen and oxygen atoms in total. The van der Waals surface area contributed by atoms with E-state index < -0.39 is 5.82 Å². The van der Waals surface area contributed by atoms with Crippen LogP contribution in [0.2, 0.25) is 0 Å². The first-order valence-electron chi connectivity index (χ1n) is 10.5. The first-order valence-corrected chi connectivity index (χ1v) is 10.5. The Morgan fingerprint density at radius 2 is 2.00 bits per heavy atom. The highest BCUT2D eigenvalue weighted by atomic mass is 19.1. The number of nitrogens with zero attached hydrogens (tertiary/aromatic N) is 4. The maximum Gasteiger partial charge on any atom is 0.295 e. The molecule has 1 N–H and O–H groups in total. The Hall–Kier alpha value is -2.81.